The molecule has 0 spiro atoms. The molecule has 1 saturated carbocycles. The second-order valence-electron chi connectivity index (χ2n) is 5.65. The van der Waals surface area contributed by atoms with E-state index >= 15 is 0 Å². The average molecular weight is 329 g/mol. The van der Waals surface area contributed by atoms with Crippen molar-refractivity contribution in [1.82, 2.24) is 5.32 Å². The highest BCUT2D eigenvalue weighted by molar-refractivity contribution is 6.30. The summed E-state index contributed by atoms with van der Waals surface area (Å²) in [6, 6.07) is 14.2. The first-order valence-electron chi connectivity index (χ1n) is 7.55. The Labute approximate surface area is 139 Å². The first-order chi connectivity index (χ1) is 11.1. The van der Waals surface area contributed by atoms with Crippen LogP contribution in [0.4, 0.5) is 5.69 Å². The van der Waals surface area contributed by atoms with Crippen LogP contribution >= 0.6 is 11.6 Å². The molecule has 23 heavy (non-hydrogen) atoms. The number of hydrogen-bond acceptors (Lipinski definition) is 2. The summed E-state index contributed by atoms with van der Waals surface area (Å²) in [4.78, 5) is 23.8. The first-order valence-corrected chi connectivity index (χ1v) is 7.93. The topological polar surface area (TPSA) is 58.2 Å². The van der Waals surface area contributed by atoms with Crippen molar-refractivity contribution in [2.75, 3.05) is 5.32 Å². The van der Waals surface area contributed by atoms with Gasteiger partial charge in [0.25, 0.3) is 5.91 Å². The highest BCUT2D eigenvalue weighted by atomic mass is 35.5. The fraction of sp³-hybridized carbons (Fsp3) is 0.222. The van der Waals surface area contributed by atoms with Gasteiger partial charge < -0.3 is 10.6 Å². The summed E-state index contributed by atoms with van der Waals surface area (Å²) in [5, 5.41) is 6.34. The van der Waals surface area contributed by atoms with Crippen molar-refractivity contribution in [3.05, 3.63) is 64.7 Å². The summed E-state index contributed by atoms with van der Waals surface area (Å²) in [5.74, 6) is 0.148. The Balaban J connectivity index is 1.56. The van der Waals surface area contributed by atoms with Crippen molar-refractivity contribution in [2.45, 2.75) is 19.4 Å². The maximum Gasteiger partial charge on any atom is 0.255 e. The van der Waals surface area contributed by atoms with E-state index in [1.54, 1.807) is 36.4 Å². The van der Waals surface area contributed by atoms with E-state index in [2.05, 4.69) is 10.6 Å². The Bertz CT molecular complexity index is 707. The van der Waals surface area contributed by atoms with E-state index in [1.807, 2.05) is 12.1 Å². The van der Waals surface area contributed by atoms with Crippen LogP contribution in [0, 0.1) is 5.92 Å². The zero-order valence-electron chi connectivity index (χ0n) is 12.5. The predicted octanol–water partition coefficient (Wildman–Crippen LogP) is 3.62. The molecule has 0 aliphatic heterocycles. The van der Waals surface area contributed by atoms with Crippen LogP contribution in [0.2, 0.25) is 5.02 Å². The van der Waals surface area contributed by atoms with Crippen LogP contribution in [0.1, 0.15) is 28.8 Å². The molecule has 2 amide bonds. The summed E-state index contributed by atoms with van der Waals surface area (Å²) >= 11 is 5.82. The molecule has 118 valence electrons. The molecule has 0 atom stereocenters. The van der Waals surface area contributed by atoms with E-state index < -0.39 is 0 Å². The van der Waals surface area contributed by atoms with Gasteiger partial charge in [-0.1, -0.05) is 23.7 Å². The summed E-state index contributed by atoms with van der Waals surface area (Å²) in [6.45, 7) is 0.494. The lowest BCUT2D eigenvalue weighted by atomic mass is 10.1. The minimum Gasteiger partial charge on any atom is -0.352 e. The first kappa shape index (κ1) is 15.6. The maximum absolute atomic E-state index is 12.2. The van der Waals surface area contributed by atoms with Gasteiger partial charge in [-0.3, -0.25) is 9.59 Å². The van der Waals surface area contributed by atoms with Crippen LogP contribution in [0.3, 0.4) is 0 Å². The fourth-order valence-corrected chi connectivity index (χ4v) is 2.32. The molecule has 2 N–H and O–H groups in total. The van der Waals surface area contributed by atoms with E-state index in [0.29, 0.717) is 22.8 Å². The van der Waals surface area contributed by atoms with E-state index in [9.17, 15) is 9.59 Å². The van der Waals surface area contributed by atoms with E-state index in [-0.39, 0.29) is 17.7 Å². The van der Waals surface area contributed by atoms with Gasteiger partial charge in [-0.2, -0.15) is 0 Å². The summed E-state index contributed by atoms with van der Waals surface area (Å²) in [7, 11) is 0. The van der Waals surface area contributed by atoms with Crippen molar-refractivity contribution in [3.63, 3.8) is 0 Å². The van der Waals surface area contributed by atoms with Crippen molar-refractivity contribution >= 4 is 29.1 Å². The molecule has 1 aliphatic carbocycles. The highest BCUT2D eigenvalue weighted by Crippen LogP contribution is 2.28. The molecule has 0 radical (unpaired) electrons. The van der Waals surface area contributed by atoms with E-state index in [4.69, 9.17) is 11.6 Å². The van der Waals surface area contributed by atoms with Crippen molar-refractivity contribution in [1.29, 1.82) is 0 Å². The van der Waals surface area contributed by atoms with Gasteiger partial charge in [-0.15, -0.1) is 0 Å². The molecule has 0 bridgehead atoms. The molecule has 5 heteroatoms. The third-order valence-electron chi connectivity index (χ3n) is 3.73. The largest absolute Gasteiger partial charge is 0.352 e. The Kier molecular flexibility index (Phi) is 4.63. The molecule has 1 fully saturated rings. The molecule has 0 heterocycles. The number of hydrogen-bond donors (Lipinski definition) is 2. The molecular formula is C18H17ClN2O2. The van der Waals surface area contributed by atoms with E-state index in [1.165, 1.54) is 0 Å². The fourth-order valence-electron chi connectivity index (χ4n) is 2.19. The standard InChI is InChI=1S/C18H17ClN2O2/c19-15-7-9-16(10-8-15)21-18(23)14-3-1-12(2-4-14)11-20-17(22)13-5-6-13/h1-4,7-10,13H,5-6,11H2,(H,20,22)(H,21,23). The van der Waals surface area contributed by atoms with Crippen LogP contribution in [0.25, 0.3) is 0 Å². The van der Waals surface area contributed by atoms with Gasteiger partial charge in [0.15, 0.2) is 0 Å². The van der Waals surface area contributed by atoms with Crippen LogP contribution in [-0.2, 0) is 11.3 Å². The Morgan fingerprint density at radius 2 is 1.65 bits per heavy atom. The monoisotopic (exact) mass is 328 g/mol. The summed E-state index contributed by atoms with van der Waals surface area (Å²) in [5.41, 5.74) is 2.24. The molecule has 3 rings (SSSR count). The lowest BCUT2D eigenvalue weighted by Gasteiger charge is -2.07. The molecule has 1 aliphatic rings. The van der Waals surface area contributed by atoms with Gasteiger partial charge in [-0.25, -0.2) is 0 Å². The van der Waals surface area contributed by atoms with Gasteiger partial charge in [-0.05, 0) is 54.8 Å². The van der Waals surface area contributed by atoms with Gasteiger partial charge in [0.2, 0.25) is 5.91 Å². The molecule has 4 nitrogen and oxygen atoms in total. The number of halogens is 1. The zero-order chi connectivity index (χ0) is 16.2. The van der Waals surface area contributed by atoms with Crippen LogP contribution < -0.4 is 10.6 Å². The summed E-state index contributed by atoms with van der Waals surface area (Å²) in [6.07, 6.45) is 1.99. The number of nitrogens with one attached hydrogen (secondary N) is 2. The lowest BCUT2D eigenvalue weighted by molar-refractivity contribution is -0.122. The smallest absolute Gasteiger partial charge is 0.255 e. The molecule has 2 aromatic rings. The van der Waals surface area contributed by atoms with Crippen LogP contribution in [0.15, 0.2) is 48.5 Å². The quantitative estimate of drug-likeness (QED) is 0.880. The number of anilines is 1. The summed E-state index contributed by atoms with van der Waals surface area (Å²) < 4.78 is 0. The second kappa shape index (κ2) is 6.84. The Morgan fingerprint density at radius 3 is 2.26 bits per heavy atom. The third-order valence-corrected chi connectivity index (χ3v) is 3.99. The highest BCUT2D eigenvalue weighted by Gasteiger charge is 2.29. The lowest BCUT2D eigenvalue weighted by Crippen LogP contribution is -2.24. The van der Waals surface area contributed by atoms with Gasteiger partial charge >= 0.3 is 0 Å². The van der Waals surface area contributed by atoms with Gasteiger partial charge in [0.1, 0.15) is 0 Å². The number of benzene rings is 2. The van der Waals surface area contributed by atoms with Crippen LogP contribution in [0.5, 0.6) is 0 Å². The SMILES string of the molecule is O=C(Nc1ccc(Cl)cc1)c1ccc(CNC(=O)C2CC2)cc1. The number of amides is 2. The second-order valence-corrected chi connectivity index (χ2v) is 6.09. The minimum atomic E-state index is -0.180. The molecular weight excluding hydrogens is 312 g/mol. The molecule has 0 aromatic heterocycles. The molecule has 0 saturated heterocycles. The normalized spacial score (nSPS) is 13.4. The number of carbonyl (C=O) groups excluding carboxylic acids is 2. The predicted molar refractivity (Wildman–Crippen MR) is 90.4 cm³/mol. The number of carbonyl (C=O) groups is 2. The van der Waals surface area contributed by atoms with E-state index in [0.717, 1.165) is 18.4 Å². The Morgan fingerprint density at radius 1 is 1.00 bits per heavy atom. The van der Waals surface area contributed by atoms with Gasteiger partial charge in [0, 0.05) is 28.7 Å². The zero-order valence-corrected chi connectivity index (χ0v) is 13.3. The average Bonchev–Trinajstić information content (AvgIpc) is 3.40. The molecule has 2 aromatic carbocycles. The molecule has 0 unspecified atom stereocenters. The van der Waals surface area contributed by atoms with Crippen LogP contribution in [-0.4, -0.2) is 11.8 Å². The van der Waals surface area contributed by atoms with Crippen molar-refractivity contribution in [3.8, 4) is 0 Å². The Hall–Kier alpha value is -2.33. The van der Waals surface area contributed by atoms with Crippen molar-refractivity contribution in [2.24, 2.45) is 5.92 Å². The third kappa shape index (κ3) is 4.33. The van der Waals surface area contributed by atoms with Crippen molar-refractivity contribution < 1.29 is 9.59 Å². The van der Waals surface area contributed by atoms with Gasteiger partial charge in [0.05, 0.1) is 0 Å². The maximum atomic E-state index is 12.2. The minimum absolute atomic E-state index is 0.120. The number of rotatable bonds is 5.